The lowest BCUT2D eigenvalue weighted by Crippen LogP contribution is -2.09. The van der Waals surface area contributed by atoms with E-state index in [-0.39, 0.29) is 0 Å². The summed E-state index contributed by atoms with van der Waals surface area (Å²) < 4.78 is 4.89. The van der Waals surface area contributed by atoms with Crippen LogP contribution in [-0.4, -0.2) is 21.4 Å². The number of nitrogens with zero attached hydrogens (tertiary/aromatic N) is 4. The summed E-state index contributed by atoms with van der Waals surface area (Å²) in [5.74, 6) is 0. The third kappa shape index (κ3) is 6.13. The Hall–Kier alpha value is -8.08. The lowest BCUT2D eigenvalue weighted by molar-refractivity contribution is 0.751. The van der Waals surface area contributed by atoms with Crippen molar-refractivity contribution >= 4 is 105 Å². The second kappa shape index (κ2) is 15.9. The Morgan fingerprint density at radius 2 is 1.20 bits per heavy atom. The van der Waals surface area contributed by atoms with Crippen LogP contribution in [-0.2, 0) is 19.6 Å². The highest BCUT2D eigenvalue weighted by molar-refractivity contribution is 6.32. The fraction of sp³-hybridized carbons (Fsp3) is 0.0968. The zero-order chi connectivity index (χ0) is 44.5. The number of benzene rings is 9. The molecule has 66 heavy (non-hydrogen) atoms. The molecule has 316 valence electrons. The van der Waals surface area contributed by atoms with Crippen molar-refractivity contribution in [2.45, 2.75) is 39.9 Å². The van der Waals surface area contributed by atoms with Crippen molar-refractivity contribution in [3.8, 4) is 11.1 Å². The first-order chi connectivity index (χ1) is 32.6. The Kier molecular flexibility index (Phi) is 9.50. The maximum Gasteiger partial charge on any atom is 0.115 e. The third-order valence-electron chi connectivity index (χ3n) is 13.9. The van der Waals surface area contributed by atoms with Crippen LogP contribution in [0.5, 0.6) is 0 Å². The highest BCUT2D eigenvalue weighted by atomic mass is 15.1. The van der Waals surface area contributed by atoms with Crippen LogP contribution in [0.25, 0.3) is 104 Å². The lowest BCUT2D eigenvalue weighted by Gasteiger charge is -2.17. The van der Waals surface area contributed by atoms with Gasteiger partial charge in [-0.3, -0.25) is 9.98 Å². The largest absolute Gasteiger partial charge is 0.321 e. The predicted molar refractivity (Wildman–Crippen MR) is 285 cm³/mol. The van der Waals surface area contributed by atoms with Gasteiger partial charge in [0.25, 0.3) is 0 Å². The second-order valence-electron chi connectivity index (χ2n) is 17.3. The molecule has 0 saturated carbocycles. The van der Waals surface area contributed by atoms with Gasteiger partial charge in [-0.25, -0.2) is 0 Å². The average molecular weight is 849 g/mol. The van der Waals surface area contributed by atoms with E-state index in [0.29, 0.717) is 13.2 Å². The van der Waals surface area contributed by atoms with Crippen LogP contribution in [0.4, 0.5) is 0 Å². The Balaban J connectivity index is 0.00000225. The molecule has 9 aromatic carbocycles. The molecule has 0 amide bonds. The minimum absolute atomic E-state index is 0.428. The monoisotopic (exact) mass is 848 g/mol. The van der Waals surface area contributed by atoms with Crippen LogP contribution in [0.1, 0.15) is 48.2 Å². The van der Waals surface area contributed by atoms with Crippen molar-refractivity contribution in [1.29, 1.82) is 0 Å². The molecule has 3 aromatic heterocycles. The number of fused-ring (bicyclic) bond motifs is 13. The molecular formula is C62H48N4. The molecule has 1 aliphatic rings. The molecule has 13 rings (SSSR count). The van der Waals surface area contributed by atoms with Gasteiger partial charge in [0.1, 0.15) is 6.67 Å². The number of aliphatic imine (C=N–C) groups is 2. The predicted octanol–water partition coefficient (Wildman–Crippen LogP) is 16.3. The van der Waals surface area contributed by atoms with Gasteiger partial charge in [-0.1, -0.05) is 160 Å². The molecule has 0 saturated heterocycles. The summed E-state index contributed by atoms with van der Waals surface area (Å²) >= 11 is 0. The van der Waals surface area contributed by atoms with E-state index in [4.69, 9.17) is 11.6 Å². The van der Waals surface area contributed by atoms with Gasteiger partial charge in [0, 0.05) is 43.8 Å². The summed E-state index contributed by atoms with van der Waals surface area (Å²) in [6.07, 6.45) is 6.63. The van der Waals surface area contributed by atoms with Gasteiger partial charge in [-0.2, -0.15) is 0 Å². The summed E-state index contributed by atoms with van der Waals surface area (Å²) in [4.78, 5) is 10.0. The topological polar surface area (TPSA) is 34.1 Å². The van der Waals surface area contributed by atoms with E-state index in [1.54, 1.807) is 0 Å². The second-order valence-corrected chi connectivity index (χ2v) is 17.3. The molecule has 0 N–H and O–H groups in total. The van der Waals surface area contributed by atoms with E-state index >= 15 is 0 Å². The van der Waals surface area contributed by atoms with Crippen LogP contribution in [0, 0.1) is 0 Å². The van der Waals surface area contributed by atoms with Gasteiger partial charge in [0.2, 0.25) is 0 Å². The normalized spacial score (nSPS) is 12.8. The fourth-order valence-corrected chi connectivity index (χ4v) is 10.9. The molecule has 12 aromatic rings. The van der Waals surface area contributed by atoms with Crippen LogP contribution in [0.3, 0.4) is 0 Å². The maximum atomic E-state index is 5.65. The van der Waals surface area contributed by atoms with Crippen molar-refractivity contribution in [3.05, 3.63) is 210 Å². The summed E-state index contributed by atoms with van der Waals surface area (Å²) in [6, 6.07) is 62.3. The Morgan fingerprint density at radius 3 is 1.98 bits per heavy atom. The fourth-order valence-electron chi connectivity index (χ4n) is 10.9. The molecule has 0 bridgehead atoms. The van der Waals surface area contributed by atoms with Crippen molar-refractivity contribution in [2.75, 3.05) is 0 Å². The van der Waals surface area contributed by atoms with E-state index in [1.165, 1.54) is 98.3 Å². The smallest absolute Gasteiger partial charge is 0.115 e. The van der Waals surface area contributed by atoms with Gasteiger partial charge in [0.15, 0.2) is 0 Å². The van der Waals surface area contributed by atoms with Crippen molar-refractivity contribution in [3.63, 3.8) is 0 Å². The molecular weight excluding hydrogens is 801 g/mol. The average Bonchev–Trinajstić information content (AvgIpc) is 4.01. The molecule has 4 nitrogen and oxygen atoms in total. The molecule has 4 heteroatoms. The minimum Gasteiger partial charge on any atom is -0.321 e. The first kappa shape index (κ1) is 39.5. The van der Waals surface area contributed by atoms with Gasteiger partial charge < -0.3 is 8.97 Å². The van der Waals surface area contributed by atoms with Gasteiger partial charge in [-0.15, -0.1) is 0 Å². The molecule has 0 aliphatic heterocycles. The Morgan fingerprint density at radius 1 is 0.561 bits per heavy atom. The Labute approximate surface area is 384 Å². The van der Waals surface area contributed by atoms with Crippen molar-refractivity contribution < 1.29 is 0 Å². The van der Waals surface area contributed by atoms with Crippen LogP contribution < -0.4 is 0 Å². The van der Waals surface area contributed by atoms with Crippen LogP contribution >= 0.6 is 0 Å². The number of aromatic nitrogens is 2. The number of hydrogen-bond donors (Lipinski definition) is 0. The molecule has 1 aliphatic carbocycles. The first-order valence-corrected chi connectivity index (χ1v) is 23.2. The summed E-state index contributed by atoms with van der Waals surface area (Å²) in [5.41, 5.74) is 14.9. The summed E-state index contributed by atoms with van der Waals surface area (Å²) in [5, 5.41) is 13.6. The van der Waals surface area contributed by atoms with Crippen molar-refractivity contribution in [2.24, 2.45) is 9.98 Å². The number of aryl methyl sites for hydroxylation is 1. The molecule has 0 radical (unpaired) electrons. The molecule has 3 heterocycles. The Bertz CT molecular complexity index is 4000. The van der Waals surface area contributed by atoms with E-state index < -0.39 is 0 Å². The van der Waals surface area contributed by atoms with E-state index in [9.17, 15) is 0 Å². The summed E-state index contributed by atoms with van der Waals surface area (Å²) in [7, 11) is 0. The molecule has 0 atom stereocenters. The van der Waals surface area contributed by atoms with Gasteiger partial charge in [-0.05, 0) is 122 Å². The maximum absolute atomic E-state index is 5.65. The van der Waals surface area contributed by atoms with E-state index in [1.807, 2.05) is 13.8 Å². The number of hydrogen-bond acceptors (Lipinski definition) is 2. The summed E-state index contributed by atoms with van der Waals surface area (Å²) in [6.45, 7) is 13.7. The van der Waals surface area contributed by atoms with E-state index in [2.05, 4.69) is 203 Å². The zero-order valence-corrected chi connectivity index (χ0v) is 37.4. The number of rotatable bonds is 8. The number of allylic oxidation sites excluding steroid dienone is 2. The molecule has 0 unspecified atom stereocenters. The highest BCUT2D eigenvalue weighted by Crippen LogP contribution is 2.41. The SMILES string of the molecule is C=NCc1cc2ccccc2cc1C(=C)/C(=N\Cn1c2c(c3ccc(-c4ccc5c6cccc7c8ccccc8n(c5c4)c76)cc31)CCC=C2)c1ccc2ccc3ccccc3c2c1.CC. The molecule has 0 spiro atoms. The van der Waals surface area contributed by atoms with Crippen LogP contribution in [0.2, 0.25) is 0 Å². The van der Waals surface area contributed by atoms with Crippen molar-refractivity contribution in [1.82, 2.24) is 8.97 Å². The lowest BCUT2D eigenvalue weighted by atomic mass is 9.90. The standard InChI is InChI=1S/C60H42N4.C2H6/c1-37(53-31-41-14-4-3-13-40(41)30-45(53)35-61-2)59(44-25-24-39-23-22-38-12-5-6-15-46(38)54(39)32-44)62-36-63-55-20-9-7-16-47(55)49-28-26-42(33-57(49)63)43-27-29-50-52-19-11-18-51-48-17-8-10-21-56(48)64(60(51)52)58(50)34-43;1-2/h3-6,8-15,17-34H,1-2,7,16,35-36H2;1-2H3/b62-59+;. The van der Waals surface area contributed by atoms with Gasteiger partial charge >= 0.3 is 0 Å². The van der Waals surface area contributed by atoms with Crippen LogP contribution in [0.15, 0.2) is 192 Å². The highest BCUT2D eigenvalue weighted by Gasteiger charge is 2.22. The third-order valence-corrected chi connectivity index (χ3v) is 13.9. The van der Waals surface area contributed by atoms with E-state index in [0.717, 1.165) is 46.2 Å². The molecule has 0 fully saturated rings. The minimum atomic E-state index is 0.428. The first-order valence-electron chi connectivity index (χ1n) is 23.2. The zero-order valence-electron chi connectivity index (χ0n) is 37.4. The number of para-hydroxylation sites is 2. The quantitative estimate of drug-likeness (QED) is 0.108. The van der Waals surface area contributed by atoms with Gasteiger partial charge in [0.05, 0.1) is 34.3 Å².